The van der Waals surface area contributed by atoms with Crippen molar-refractivity contribution in [1.82, 2.24) is 4.98 Å². The highest BCUT2D eigenvalue weighted by molar-refractivity contribution is 7.09. The van der Waals surface area contributed by atoms with Gasteiger partial charge in [0.15, 0.2) is 6.61 Å². The molecule has 156 valence electrons. The average Bonchev–Trinajstić information content (AvgIpc) is 3.24. The van der Waals surface area contributed by atoms with E-state index in [1.54, 1.807) is 67.0 Å². The van der Waals surface area contributed by atoms with Gasteiger partial charge in [0, 0.05) is 17.1 Å². The van der Waals surface area contributed by atoms with Gasteiger partial charge in [-0.05, 0) is 42.8 Å². The van der Waals surface area contributed by atoms with Gasteiger partial charge < -0.3 is 19.5 Å². The predicted molar refractivity (Wildman–Crippen MR) is 114 cm³/mol. The summed E-state index contributed by atoms with van der Waals surface area (Å²) >= 11 is 1.55. The quantitative estimate of drug-likeness (QED) is 0.519. The highest BCUT2D eigenvalue weighted by Gasteiger charge is 2.10. The largest absolute Gasteiger partial charge is 0.497 e. The second-order valence-corrected chi connectivity index (χ2v) is 7.20. The second-order valence-electron chi connectivity index (χ2n) is 6.26. The Morgan fingerprint density at radius 3 is 2.60 bits per heavy atom. The molecule has 3 rings (SSSR count). The zero-order chi connectivity index (χ0) is 21.3. The first-order chi connectivity index (χ1) is 14.6. The van der Waals surface area contributed by atoms with Gasteiger partial charge in [-0.25, -0.2) is 9.78 Å². The van der Waals surface area contributed by atoms with E-state index >= 15 is 0 Å². The standard InChI is InChI=1S/C22H22N2O5S/c1-3-21-24-17(14-30-21)12-29-22(26)15-7-9-18(10-8-15)28-13-20(25)23-16-5-4-6-19(11-16)27-2/h4-11,14H,3,12-13H2,1-2H3,(H,23,25). The summed E-state index contributed by atoms with van der Waals surface area (Å²) in [5.74, 6) is 0.376. The number of aryl methyl sites for hydroxylation is 1. The second kappa shape index (κ2) is 10.4. The number of methoxy groups -OCH3 is 1. The maximum atomic E-state index is 12.2. The summed E-state index contributed by atoms with van der Waals surface area (Å²) in [6, 6.07) is 13.5. The van der Waals surface area contributed by atoms with E-state index in [0.717, 1.165) is 17.1 Å². The van der Waals surface area contributed by atoms with Crippen LogP contribution in [0.15, 0.2) is 53.9 Å². The van der Waals surface area contributed by atoms with Crippen LogP contribution in [-0.2, 0) is 22.6 Å². The Hall–Kier alpha value is -3.39. The lowest BCUT2D eigenvalue weighted by Gasteiger charge is -2.09. The lowest BCUT2D eigenvalue weighted by Crippen LogP contribution is -2.20. The number of esters is 1. The van der Waals surface area contributed by atoms with Gasteiger partial charge in [0.25, 0.3) is 5.91 Å². The fourth-order valence-corrected chi connectivity index (χ4v) is 3.26. The molecule has 0 unspecified atom stereocenters. The summed E-state index contributed by atoms with van der Waals surface area (Å²) in [7, 11) is 1.56. The number of ether oxygens (including phenoxy) is 3. The lowest BCUT2D eigenvalue weighted by atomic mass is 10.2. The molecule has 0 spiro atoms. The Morgan fingerprint density at radius 1 is 1.10 bits per heavy atom. The number of nitrogens with one attached hydrogen (secondary N) is 1. The molecule has 0 atom stereocenters. The van der Waals surface area contributed by atoms with Crippen LogP contribution < -0.4 is 14.8 Å². The van der Waals surface area contributed by atoms with Crippen molar-refractivity contribution in [2.75, 3.05) is 19.0 Å². The number of aromatic nitrogens is 1. The molecule has 0 aliphatic rings. The van der Waals surface area contributed by atoms with E-state index in [1.807, 2.05) is 12.3 Å². The normalized spacial score (nSPS) is 10.3. The number of nitrogens with zero attached hydrogens (tertiary/aromatic N) is 1. The number of anilines is 1. The molecule has 0 saturated heterocycles. The highest BCUT2D eigenvalue weighted by Crippen LogP contribution is 2.17. The Morgan fingerprint density at radius 2 is 1.90 bits per heavy atom. The third kappa shape index (κ3) is 6.05. The lowest BCUT2D eigenvalue weighted by molar-refractivity contribution is -0.118. The fraction of sp³-hybridized carbons (Fsp3) is 0.227. The van der Waals surface area contributed by atoms with Gasteiger partial charge in [-0.1, -0.05) is 13.0 Å². The van der Waals surface area contributed by atoms with Gasteiger partial charge in [0.2, 0.25) is 0 Å². The van der Waals surface area contributed by atoms with Crippen LogP contribution in [0.2, 0.25) is 0 Å². The summed E-state index contributed by atoms with van der Waals surface area (Å²) in [6.07, 6.45) is 0.859. The zero-order valence-corrected chi connectivity index (χ0v) is 17.5. The van der Waals surface area contributed by atoms with Gasteiger partial charge in [0.1, 0.15) is 18.1 Å². The first kappa shape index (κ1) is 21.3. The Kier molecular flexibility index (Phi) is 7.40. The third-order valence-electron chi connectivity index (χ3n) is 4.07. The maximum absolute atomic E-state index is 12.2. The van der Waals surface area contributed by atoms with Crippen LogP contribution in [0.25, 0.3) is 0 Å². The molecule has 30 heavy (non-hydrogen) atoms. The van der Waals surface area contributed by atoms with Crippen molar-refractivity contribution in [2.24, 2.45) is 0 Å². The predicted octanol–water partition coefficient (Wildman–Crippen LogP) is 4.09. The van der Waals surface area contributed by atoms with Crippen LogP contribution in [-0.4, -0.2) is 30.6 Å². The minimum atomic E-state index is -0.441. The summed E-state index contributed by atoms with van der Waals surface area (Å²) in [6.45, 7) is 2.00. The smallest absolute Gasteiger partial charge is 0.338 e. The van der Waals surface area contributed by atoms with Crippen molar-refractivity contribution < 1.29 is 23.8 Å². The van der Waals surface area contributed by atoms with E-state index in [9.17, 15) is 9.59 Å². The molecular weight excluding hydrogens is 404 g/mol. The van der Waals surface area contributed by atoms with E-state index in [4.69, 9.17) is 14.2 Å². The van der Waals surface area contributed by atoms with Crippen molar-refractivity contribution in [3.05, 3.63) is 70.2 Å². The Bertz CT molecular complexity index is 1000. The molecular formula is C22H22N2O5S. The topological polar surface area (TPSA) is 86.8 Å². The molecule has 1 N–H and O–H groups in total. The summed E-state index contributed by atoms with van der Waals surface area (Å²) < 4.78 is 15.9. The molecule has 1 heterocycles. The van der Waals surface area contributed by atoms with Gasteiger partial charge in [-0.3, -0.25) is 4.79 Å². The number of hydrogen-bond donors (Lipinski definition) is 1. The van der Waals surface area contributed by atoms with E-state index in [0.29, 0.717) is 22.7 Å². The van der Waals surface area contributed by atoms with Crippen LogP contribution in [0.1, 0.15) is 28.0 Å². The van der Waals surface area contributed by atoms with Crippen molar-refractivity contribution in [1.29, 1.82) is 0 Å². The van der Waals surface area contributed by atoms with Crippen LogP contribution in [0, 0.1) is 0 Å². The molecule has 0 fully saturated rings. The highest BCUT2D eigenvalue weighted by atomic mass is 32.1. The number of thiazole rings is 1. The molecule has 0 aliphatic carbocycles. The number of carbonyl (C=O) groups is 2. The van der Waals surface area contributed by atoms with Crippen LogP contribution >= 0.6 is 11.3 Å². The molecule has 0 radical (unpaired) electrons. The summed E-state index contributed by atoms with van der Waals surface area (Å²) in [5.41, 5.74) is 1.76. The number of hydrogen-bond acceptors (Lipinski definition) is 7. The maximum Gasteiger partial charge on any atom is 0.338 e. The average molecular weight is 426 g/mol. The van der Waals surface area contributed by atoms with Crippen molar-refractivity contribution in [2.45, 2.75) is 20.0 Å². The van der Waals surface area contributed by atoms with Crippen LogP contribution in [0.5, 0.6) is 11.5 Å². The number of carbonyl (C=O) groups excluding carboxylic acids is 2. The fourth-order valence-electron chi connectivity index (χ4n) is 2.53. The first-order valence-electron chi connectivity index (χ1n) is 9.34. The van der Waals surface area contributed by atoms with E-state index in [2.05, 4.69) is 10.3 Å². The number of amides is 1. The first-order valence-corrected chi connectivity index (χ1v) is 10.2. The minimum Gasteiger partial charge on any atom is -0.497 e. The molecule has 0 aliphatic heterocycles. The third-order valence-corrected chi connectivity index (χ3v) is 5.11. The van der Waals surface area contributed by atoms with Gasteiger partial charge in [0.05, 0.1) is 23.4 Å². The Labute approximate surface area is 178 Å². The molecule has 1 amide bonds. The summed E-state index contributed by atoms with van der Waals surface area (Å²) in [4.78, 5) is 28.6. The van der Waals surface area contributed by atoms with Crippen LogP contribution in [0.3, 0.4) is 0 Å². The molecule has 8 heteroatoms. The minimum absolute atomic E-state index is 0.137. The van der Waals surface area contributed by atoms with Gasteiger partial charge in [-0.2, -0.15) is 0 Å². The molecule has 0 bridgehead atoms. The van der Waals surface area contributed by atoms with Gasteiger partial charge >= 0.3 is 5.97 Å². The molecule has 2 aromatic carbocycles. The van der Waals surface area contributed by atoms with Crippen molar-refractivity contribution in [3.8, 4) is 11.5 Å². The zero-order valence-electron chi connectivity index (χ0n) is 16.7. The molecule has 0 saturated carbocycles. The van der Waals surface area contributed by atoms with E-state index in [1.165, 1.54) is 0 Å². The van der Waals surface area contributed by atoms with Crippen molar-refractivity contribution in [3.63, 3.8) is 0 Å². The van der Waals surface area contributed by atoms with Crippen molar-refractivity contribution >= 4 is 28.9 Å². The molecule has 3 aromatic rings. The van der Waals surface area contributed by atoms with Gasteiger partial charge in [-0.15, -0.1) is 11.3 Å². The SMILES string of the molecule is CCc1nc(COC(=O)c2ccc(OCC(=O)Nc3cccc(OC)c3)cc2)cs1. The number of benzene rings is 2. The Balaban J connectivity index is 1.46. The summed E-state index contributed by atoms with van der Waals surface area (Å²) in [5, 5.41) is 5.63. The molecule has 1 aromatic heterocycles. The van der Waals surface area contributed by atoms with E-state index in [-0.39, 0.29) is 19.1 Å². The monoisotopic (exact) mass is 426 g/mol. The van der Waals surface area contributed by atoms with Crippen LogP contribution in [0.4, 0.5) is 5.69 Å². The van der Waals surface area contributed by atoms with E-state index < -0.39 is 5.97 Å². The molecule has 7 nitrogen and oxygen atoms in total. The number of rotatable bonds is 9.